The molecule has 1 aliphatic rings. The van der Waals surface area contributed by atoms with E-state index < -0.39 is 10.0 Å². The summed E-state index contributed by atoms with van der Waals surface area (Å²) in [6.45, 7) is 0.410. The molecule has 0 aromatic heterocycles. The van der Waals surface area contributed by atoms with E-state index in [1.165, 1.54) is 0 Å². The summed E-state index contributed by atoms with van der Waals surface area (Å²) in [5.74, 6) is 0. The number of anilines is 1. The van der Waals surface area contributed by atoms with E-state index >= 15 is 0 Å². The van der Waals surface area contributed by atoms with Crippen LogP contribution in [0.3, 0.4) is 0 Å². The first kappa shape index (κ1) is 19.2. The van der Waals surface area contributed by atoms with Gasteiger partial charge in [0, 0.05) is 32.4 Å². The predicted octanol–water partition coefficient (Wildman–Crippen LogP) is 2.61. The van der Waals surface area contributed by atoms with Crippen molar-refractivity contribution in [3.8, 4) is 0 Å². The second-order valence-electron chi connectivity index (χ2n) is 7.12. The Balaban J connectivity index is 2.05. The lowest BCUT2D eigenvalue weighted by Gasteiger charge is -2.28. The summed E-state index contributed by atoms with van der Waals surface area (Å²) in [6.07, 6.45) is 4.78. The zero-order valence-corrected chi connectivity index (χ0v) is 16.1. The predicted molar refractivity (Wildman–Crippen MR) is 101 cm³/mol. The van der Waals surface area contributed by atoms with Crippen LogP contribution in [-0.2, 0) is 10.0 Å². The average molecular weight is 354 g/mol. The Morgan fingerprint density at radius 3 is 2.12 bits per heavy atom. The molecule has 1 aromatic carbocycles. The molecule has 24 heavy (non-hydrogen) atoms. The van der Waals surface area contributed by atoms with Gasteiger partial charge < -0.3 is 9.80 Å². The third-order valence-corrected chi connectivity index (χ3v) is 6.80. The molecule has 6 heteroatoms. The topological polar surface area (TPSA) is 52.7 Å². The van der Waals surface area contributed by atoms with Gasteiger partial charge in [-0.1, -0.05) is 31.4 Å². The van der Waals surface area contributed by atoms with Gasteiger partial charge in [0.1, 0.15) is 0 Å². The Morgan fingerprint density at radius 2 is 1.62 bits per heavy atom. The summed E-state index contributed by atoms with van der Waals surface area (Å²) in [7, 11) is 4.77. The van der Waals surface area contributed by atoms with Gasteiger partial charge in [0.15, 0.2) is 0 Å². The van der Waals surface area contributed by atoms with Crippen LogP contribution in [0.4, 0.5) is 5.69 Å². The van der Waals surface area contributed by atoms with Crippen LogP contribution >= 0.6 is 0 Å². The van der Waals surface area contributed by atoms with Gasteiger partial charge >= 0.3 is 0 Å². The number of hydrogen-bond acceptors (Lipinski definition) is 4. The number of sulfonamides is 1. The molecule has 0 spiro atoms. The largest absolute Gasteiger partial charge is 0.378 e. The number of nitrogens with zero attached hydrogens (tertiary/aromatic N) is 2. The SMILES string of the molecule is CN(C)c1ccc(C(CNS(=O)(=O)C2CCCCC2)N(C)C)cc1. The Bertz CT molecular complexity index is 606. The molecule has 0 amide bonds. The van der Waals surface area contributed by atoms with Crippen LogP contribution in [0.25, 0.3) is 0 Å². The van der Waals surface area contributed by atoms with Crippen molar-refractivity contribution in [3.05, 3.63) is 29.8 Å². The van der Waals surface area contributed by atoms with Gasteiger partial charge in [-0.15, -0.1) is 0 Å². The van der Waals surface area contributed by atoms with E-state index in [-0.39, 0.29) is 11.3 Å². The van der Waals surface area contributed by atoms with E-state index in [9.17, 15) is 8.42 Å². The van der Waals surface area contributed by atoms with Crippen LogP contribution in [0, 0.1) is 0 Å². The molecule has 136 valence electrons. The highest BCUT2D eigenvalue weighted by Gasteiger charge is 2.28. The molecule has 2 rings (SSSR count). The summed E-state index contributed by atoms with van der Waals surface area (Å²) in [5.41, 5.74) is 2.26. The number of benzene rings is 1. The van der Waals surface area contributed by atoms with Gasteiger partial charge in [0.2, 0.25) is 10.0 Å². The zero-order chi connectivity index (χ0) is 17.7. The maximum absolute atomic E-state index is 12.6. The Labute approximate surface area is 147 Å². The van der Waals surface area contributed by atoms with Gasteiger partial charge in [-0.2, -0.15) is 0 Å². The first-order chi connectivity index (χ1) is 11.3. The maximum atomic E-state index is 12.6. The Hall–Kier alpha value is -1.11. The summed E-state index contributed by atoms with van der Waals surface area (Å²) in [5, 5.41) is -0.217. The van der Waals surface area contributed by atoms with E-state index in [0.717, 1.165) is 43.4 Å². The van der Waals surface area contributed by atoms with Crippen molar-refractivity contribution in [2.24, 2.45) is 0 Å². The standard InChI is InChI=1S/C18H31N3O2S/c1-20(2)16-12-10-15(11-13-16)18(21(3)4)14-19-24(22,23)17-8-6-5-7-9-17/h10-13,17-19H,5-9,14H2,1-4H3. The second-order valence-corrected chi connectivity index (χ2v) is 9.16. The molecule has 1 aromatic rings. The lowest BCUT2D eigenvalue weighted by molar-refractivity contribution is 0.299. The molecule has 0 heterocycles. The quantitative estimate of drug-likeness (QED) is 0.819. The normalized spacial score (nSPS) is 17.9. The smallest absolute Gasteiger partial charge is 0.214 e. The minimum atomic E-state index is -3.23. The molecule has 1 aliphatic carbocycles. The van der Waals surface area contributed by atoms with Gasteiger partial charge in [-0.05, 0) is 44.6 Å². The third-order valence-electron chi connectivity index (χ3n) is 4.89. The van der Waals surface area contributed by atoms with Crippen LogP contribution < -0.4 is 9.62 Å². The Morgan fingerprint density at radius 1 is 1.04 bits per heavy atom. The van der Waals surface area contributed by atoms with E-state index in [1.54, 1.807) is 0 Å². The van der Waals surface area contributed by atoms with Gasteiger partial charge in [-0.3, -0.25) is 0 Å². The highest BCUT2D eigenvalue weighted by atomic mass is 32.2. The molecule has 0 bridgehead atoms. The molecule has 1 atom stereocenters. The van der Waals surface area contributed by atoms with Gasteiger partial charge in [0.25, 0.3) is 0 Å². The average Bonchev–Trinajstić information content (AvgIpc) is 2.56. The third kappa shape index (κ3) is 4.94. The molecule has 0 aliphatic heterocycles. The van der Waals surface area contributed by atoms with Crippen molar-refractivity contribution in [1.82, 2.24) is 9.62 Å². The number of likely N-dealkylation sites (N-methyl/N-ethyl adjacent to an activating group) is 1. The second kappa shape index (κ2) is 8.32. The zero-order valence-electron chi connectivity index (χ0n) is 15.3. The first-order valence-electron chi connectivity index (χ1n) is 8.73. The maximum Gasteiger partial charge on any atom is 0.214 e. The number of rotatable bonds is 7. The molecule has 0 radical (unpaired) electrons. The monoisotopic (exact) mass is 353 g/mol. The van der Waals surface area contributed by atoms with Crippen molar-refractivity contribution in [2.75, 3.05) is 39.6 Å². The van der Waals surface area contributed by atoms with Crippen molar-refractivity contribution in [2.45, 2.75) is 43.4 Å². The minimum Gasteiger partial charge on any atom is -0.378 e. The van der Waals surface area contributed by atoms with E-state index in [1.807, 2.05) is 28.2 Å². The highest BCUT2D eigenvalue weighted by Crippen LogP contribution is 2.25. The minimum absolute atomic E-state index is 0.0274. The van der Waals surface area contributed by atoms with E-state index in [0.29, 0.717) is 6.54 Å². The number of hydrogen-bond donors (Lipinski definition) is 1. The molecule has 1 saturated carbocycles. The highest BCUT2D eigenvalue weighted by molar-refractivity contribution is 7.90. The summed E-state index contributed by atoms with van der Waals surface area (Å²) < 4.78 is 28.0. The lowest BCUT2D eigenvalue weighted by atomic mass is 10.0. The summed E-state index contributed by atoms with van der Waals surface area (Å²) in [4.78, 5) is 4.12. The van der Waals surface area contributed by atoms with Gasteiger partial charge in [-0.25, -0.2) is 13.1 Å². The fraction of sp³-hybridized carbons (Fsp3) is 0.667. The van der Waals surface area contributed by atoms with Gasteiger partial charge in [0.05, 0.1) is 5.25 Å². The summed E-state index contributed by atoms with van der Waals surface area (Å²) >= 11 is 0. The first-order valence-corrected chi connectivity index (χ1v) is 10.3. The van der Waals surface area contributed by atoms with Crippen LogP contribution in [0.5, 0.6) is 0 Å². The van der Waals surface area contributed by atoms with Crippen molar-refractivity contribution in [1.29, 1.82) is 0 Å². The molecular formula is C18H31N3O2S. The van der Waals surface area contributed by atoms with E-state index in [2.05, 4.69) is 38.8 Å². The van der Waals surface area contributed by atoms with Crippen LogP contribution in [0.15, 0.2) is 24.3 Å². The van der Waals surface area contributed by atoms with Crippen molar-refractivity contribution in [3.63, 3.8) is 0 Å². The molecule has 0 saturated heterocycles. The Kier molecular flexibility index (Phi) is 6.66. The van der Waals surface area contributed by atoms with Crippen LogP contribution in [0.1, 0.15) is 43.7 Å². The lowest BCUT2D eigenvalue weighted by Crippen LogP contribution is -2.40. The van der Waals surface area contributed by atoms with E-state index in [4.69, 9.17) is 0 Å². The number of nitrogens with one attached hydrogen (secondary N) is 1. The molecule has 1 N–H and O–H groups in total. The molecule has 5 nitrogen and oxygen atoms in total. The van der Waals surface area contributed by atoms with Crippen molar-refractivity contribution >= 4 is 15.7 Å². The fourth-order valence-electron chi connectivity index (χ4n) is 3.28. The molecular weight excluding hydrogens is 322 g/mol. The van der Waals surface area contributed by atoms with Crippen LogP contribution in [-0.4, -0.2) is 53.3 Å². The molecule has 1 unspecified atom stereocenters. The van der Waals surface area contributed by atoms with Crippen molar-refractivity contribution < 1.29 is 8.42 Å². The van der Waals surface area contributed by atoms with Crippen LogP contribution in [0.2, 0.25) is 0 Å². The molecule has 1 fully saturated rings. The summed E-state index contributed by atoms with van der Waals surface area (Å²) in [6, 6.07) is 8.33. The fourth-order valence-corrected chi connectivity index (χ4v) is 4.86.